The third kappa shape index (κ3) is 3.76. The Labute approximate surface area is 199 Å². The Morgan fingerprint density at radius 2 is 2.00 bits per heavy atom. The number of rotatable bonds is 5. The number of nitrogens with two attached hydrogens (primary N) is 1. The summed E-state index contributed by atoms with van der Waals surface area (Å²) in [5, 5.41) is 11.4. The van der Waals surface area contributed by atoms with Crippen LogP contribution in [0.15, 0.2) is 92.6 Å². The number of nitriles is 1. The molecule has 5 rings (SSSR count). The van der Waals surface area contributed by atoms with E-state index in [1.54, 1.807) is 43.3 Å². The number of pyridine rings is 1. The van der Waals surface area contributed by atoms with Crippen molar-refractivity contribution >= 4 is 22.7 Å². The minimum atomic E-state index is -0.737. The van der Waals surface area contributed by atoms with Gasteiger partial charge in [0.15, 0.2) is 5.75 Å². The van der Waals surface area contributed by atoms with Crippen molar-refractivity contribution in [2.45, 2.75) is 16.7 Å². The maximum absolute atomic E-state index is 13.1. The minimum absolute atomic E-state index is 0.0315. The van der Waals surface area contributed by atoms with E-state index < -0.39 is 11.5 Å². The molecule has 7 nitrogen and oxygen atoms in total. The van der Waals surface area contributed by atoms with Crippen LogP contribution in [0.5, 0.6) is 11.5 Å². The maximum atomic E-state index is 13.1. The zero-order valence-electron chi connectivity index (χ0n) is 18.1. The van der Waals surface area contributed by atoms with Crippen LogP contribution in [0, 0.1) is 11.3 Å². The molecule has 168 valence electrons. The molecule has 4 aromatic rings. The van der Waals surface area contributed by atoms with Gasteiger partial charge in [0.25, 0.3) is 0 Å². The van der Waals surface area contributed by atoms with Crippen LogP contribution in [0.25, 0.3) is 11.0 Å². The SMILES string of the molecule is COc1ccc([C@H]2C(C#N)=C(N)Oc3c2c(=O)oc2ccccc32)cc1CSc1ccccn1. The van der Waals surface area contributed by atoms with Crippen LogP contribution in [0.3, 0.4) is 0 Å². The Bertz CT molecular complexity index is 1520. The molecule has 0 saturated heterocycles. The molecule has 2 aromatic heterocycles. The summed E-state index contributed by atoms with van der Waals surface area (Å²) in [6.07, 6.45) is 1.74. The van der Waals surface area contributed by atoms with E-state index in [0.29, 0.717) is 33.8 Å². The van der Waals surface area contributed by atoms with Crippen LogP contribution in [-0.4, -0.2) is 12.1 Å². The van der Waals surface area contributed by atoms with Crippen LogP contribution < -0.4 is 20.8 Å². The van der Waals surface area contributed by atoms with E-state index in [4.69, 9.17) is 19.6 Å². The molecule has 0 fully saturated rings. The average Bonchev–Trinajstić information content (AvgIpc) is 2.87. The first-order valence-electron chi connectivity index (χ1n) is 10.4. The van der Waals surface area contributed by atoms with Crippen LogP contribution in [0.4, 0.5) is 0 Å². The summed E-state index contributed by atoms with van der Waals surface area (Å²) in [5.41, 5.74) is 8.00. The standard InChI is InChI=1S/C26H19N3O4S/c1-31-19-10-9-15(12-16(19)14-34-21-8-4-5-11-29-21)22-18(13-27)25(28)33-24-17-6-2-3-7-20(17)32-26(30)23(22)24/h2-12,22H,14,28H2,1H3/t22-/m0/s1. The number of ether oxygens (including phenoxy) is 2. The van der Waals surface area contributed by atoms with Gasteiger partial charge < -0.3 is 19.6 Å². The second-order valence-electron chi connectivity index (χ2n) is 7.58. The molecule has 1 aliphatic rings. The summed E-state index contributed by atoms with van der Waals surface area (Å²) in [6.45, 7) is 0. The fourth-order valence-corrected chi connectivity index (χ4v) is 4.91. The van der Waals surface area contributed by atoms with Gasteiger partial charge in [-0.3, -0.25) is 0 Å². The smallest absolute Gasteiger partial charge is 0.344 e. The fourth-order valence-electron chi connectivity index (χ4n) is 4.07. The second kappa shape index (κ2) is 8.96. The zero-order chi connectivity index (χ0) is 23.7. The number of para-hydroxylation sites is 1. The van der Waals surface area contributed by atoms with Crippen LogP contribution in [0.2, 0.25) is 0 Å². The van der Waals surface area contributed by atoms with E-state index in [1.807, 2.05) is 42.5 Å². The van der Waals surface area contributed by atoms with Gasteiger partial charge in [-0.15, -0.1) is 11.8 Å². The Hall–Kier alpha value is -4.22. The molecule has 3 heterocycles. The number of hydrogen-bond acceptors (Lipinski definition) is 8. The number of allylic oxidation sites excluding steroid dienone is 1. The molecule has 34 heavy (non-hydrogen) atoms. The fraction of sp³-hybridized carbons (Fsp3) is 0.115. The van der Waals surface area contributed by atoms with Gasteiger partial charge in [-0.1, -0.05) is 30.3 Å². The van der Waals surface area contributed by atoms with Crippen molar-refractivity contribution < 1.29 is 13.9 Å². The topological polar surface area (TPSA) is 111 Å². The van der Waals surface area contributed by atoms with Crippen molar-refractivity contribution in [1.29, 1.82) is 5.26 Å². The second-order valence-corrected chi connectivity index (χ2v) is 8.58. The number of aromatic nitrogens is 1. The van der Waals surface area contributed by atoms with Gasteiger partial charge in [-0.2, -0.15) is 5.26 Å². The lowest BCUT2D eigenvalue weighted by Crippen LogP contribution is -2.26. The Morgan fingerprint density at radius 1 is 1.18 bits per heavy atom. The van der Waals surface area contributed by atoms with Gasteiger partial charge in [-0.05, 0) is 35.9 Å². The summed E-state index contributed by atoms with van der Waals surface area (Å²) in [7, 11) is 1.60. The highest BCUT2D eigenvalue weighted by molar-refractivity contribution is 7.98. The van der Waals surface area contributed by atoms with Gasteiger partial charge in [0.1, 0.15) is 23.0 Å². The van der Waals surface area contributed by atoms with Crippen LogP contribution in [-0.2, 0) is 5.75 Å². The largest absolute Gasteiger partial charge is 0.496 e. The summed E-state index contributed by atoms with van der Waals surface area (Å²) >= 11 is 1.56. The summed E-state index contributed by atoms with van der Waals surface area (Å²) in [4.78, 5) is 17.4. The van der Waals surface area contributed by atoms with E-state index >= 15 is 0 Å². The van der Waals surface area contributed by atoms with Crippen molar-refractivity contribution in [1.82, 2.24) is 4.98 Å². The summed E-state index contributed by atoms with van der Waals surface area (Å²) in [6, 6.07) is 20.5. The molecule has 0 amide bonds. The van der Waals surface area contributed by atoms with Crippen molar-refractivity contribution in [3.05, 3.63) is 105 Å². The number of fused-ring (bicyclic) bond motifs is 3. The van der Waals surface area contributed by atoms with Crippen molar-refractivity contribution in [2.24, 2.45) is 5.73 Å². The molecule has 0 aliphatic carbocycles. The molecule has 2 aromatic carbocycles. The number of methoxy groups -OCH3 is 1. The van der Waals surface area contributed by atoms with Crippen LogP contribution in [0.1, 0.15) is 22.6 Å². The van der Waals surface area contributed by atoms with Gasteiger partial charge in [0.2, 0.25) is 5.88 Å². The molecule has 8 heteroatoms. The summed E-state index contributed by atoms with van der Waals surface area (Å²) < 4.78 is 16.9. The lowest BCUT2D eigenvalue weighted by atomic mass is 9.83. The van der Waals surface area contributed by atoms with Gasteiger partial charge in [0.05, 0.1) is 29.0 Å². The van der Waals surface area contributed by atoms with Gasteiger partial charge >= 0.3 is 5.63 Å². The third-order valence-corrected chi connectivity index (χ3v) is 6.62. The minimum Gasteiger partial charge on any atom is -0.496 e. The van der Waals surface area contributed by atoms with E-state index in [-0.39, 0.29) is 17.0 Å². The normalized spacial score (nSPS) is 14.9. The van der Waals surface area contributed by atoms with E-state index in [9.17, 15) is 10.1 Å². The summed E-state index contributed by atoms with van der Waals surface area (Å²) in [5.74, 6) is 0.821. The first-order chi connectivity index (χ1) is 16.6. The average molecular weight is 470 g/mol. The monoisotopic (exact) mass is 469 g/mol. The van der Waals surface area contributed by atoms with Crippen molar-refractivity contribution in [3.8, 4) is 17.6 Å². The molecular formula is C26H19N3O4S. The highest BCUT2D eigenvalue weighted by atomic mass is 32.2. The van der Waals surface area contributed by atoms with E-state index in [1.165, 1.54) is 0 Å². The predicted octanol–water partition coefficient (Wildman–Crippen LogP) is 4.71. The lowest BCUT2D eigenvalue weighted by molar-refractivity contribution is 0.388. The Kier molecular flexibility index (Phi) is 5.70. The van der Waals surface area contributed by atoms with Gasteiger partial charge in [0, 0.05) is 17.5 Å². The Balaban J connectivity index is 1.65. The molecule has 0 unspecified atom stereocenters. The van der Waals surface area contributed by atoms with E-state index in [2.05, 4.69) is 11.1 Å². The van der Waals surface area contributed by atoms with E-state index in [0.717, 1.165) is 10.6 Å². The first-order valence-corrected chi connectivity index (χ1v) is 11.4. The third-order valence-electron chi connectivity index (χ3n) is 5.63. The van der Waals surface area contributed by atoms with Crippen molar-refractivity contribution in [2.75, 3.05) is 7.11 Å². The molecule has 0 saturated carbocycles. The molecule has 1 aliphatic heterocycles. The molecular weight excluding hydrogens is 450 g/mol. The Morgan fingerprint density at radius 3 is 2.76 bits per heavy atom. The number of nitrogens with zero attached hydrogens (tertiary/aromatic N) is 2. The first kappa shape index (κ1) is 21.6. The van der Waals surface area contributed by atoms with Gasteiger partial charge in [-0.25, -0.2) is 9.78 Å². The quantitative estimate of drug-likeness (QED) is 0.330. The number of hydrogen-bond donors (Lipinski definition) is 1. The van der Waals surface area contributed by atoms with Crippen LogP contribution >= 0.6 is 11.8 Å². The van der Waals surface area contributed by atoms with Crippen molar-refractivity contribution in [3.63, 3.8) is 0 Å². The predicted molar refractivity (Wildman–Crippen MR) is 129 cm³/mol. The maximum Gasteiger partial charge on any atom is 0.344 e. The highest BCUT2D eigenvalue weighted by Crippen LogP contribution is 2.44. The number of thioether (sulfide) groups is 1. The molecule has 2 N–H and O–H groups in total. The highest BCUT2D eigenvalue weighted by Gasteiger charge is 2.35. The zero-order valence-corrected chi connectivity index (χ0v) is 19.0. The number of benzene rings is 2. The molecule has 0 bridgehead atoms. The lowest BCUT2D eigenvalue weighted by Gasteiger charge is -2.26. The molecule has 0 spiro atoms. The molecule has 0 radical (unpaired) electrons. The molecule has 1 atom stereocenters.